The zero-order valence-electron chi connectivity index (χ0n) is 10.5. The van der Waals surface area contributed by atoms with E-state index in [2.05, 4.69) is 14.9 Å². The van der Waals surface area contributed by atoms with E-state index in [0.717, 1.165) is 12.1 Å². The third-order valence-corrected chi connectivity index (χ3v) is 3.69. The molecule has 1 radical (unpaired) electrons. The normalized spacial score (nSPS) is 11.5. The third-order valence-electron chi connectivity index (χ3n) is 2.79. The maximum Gasteiger partial charge on any atom is 0.295 e. The molecule has 0 amide bonds. The van der Waals surface area contributed by atoms with Crippen LogP contribution in [0, 0.1) is 10.1 Å². The number of rotatable bonds is 2. The number of non-ortho nitro benzene ring substituents is 1. The Bertz CT molecular complexity index is 967. The van der Waals surface area contributed by atoms with Gasteiger partial charge in [0.25, 0.3) is 15.8 Å². The predicted molar refractivity (Wildman–Crippen MR) is 71.5 cm³/mol. The molecule has 0 aliphatic rings. The molecule has 11 heteroatoms. The molecule has 0 saturated carbocycles. The molecule has 2 aromatic carbocycles. The summed E-state index contributed by atoms with van der Waals surface area (Å²) < 4.78 is 36.5. The fraction of sp³-hybridized carbons (Fsp3) is 0. The van der Waals surface area contributed by atoms with Crippen LogP contribution in [0.5, 0.6) is 0 Å². The molecule has 0 bridgehead atoms. The van der Waals surface area contributed by atoms with Crippen LogP contribution in [0.3, 0.4) is 0 Å². The number of benzene rings is 2. The van der Waals surface area contributed by atoms with Crippen LogP contribution >= 0.6 is 0 Å². The number of hydrogen-bond acceptors (Lipinski definition) is 7. The van der Waals surface area contributed by atoms with Crippen molar-refractivity contribution < 1.29 is 22.5 Å². The first kappa shape index (κ1) is 16.4. The van der Waals surface area contributed by atoms with Crippen molar-refractivity contribution in [2.45, 2.75) is 4.90 Å². The van der Waals surface area contributed by atoms with Crippen LogP contribution < -0.4 is 0 Å². The summed E-state index contributed by atoms with van der Waals surface area (Å²) in [4.78, 5) is 9.61. The van der Waals surface area contributed by atoms with Crippen molar-refractivity contribution >= 4 is 89.0 Å². The summed E-state index contributed by atoms with van der Waals surface area (Å²) in [6, 6.07) is 4.62. The SMILES string of the molecule is O=[N+]([O-])c1ccc2c(c1)c(S(=O)(=O)O)cc1nonc12.[K]. The van der Waals surface area contributed by atoms with E-state index in [1.165, 1.54) is 12.1 Å². The van der Waals surface area contributed by atoms with Crippen molar-refractivity contribution in [2.75, 3.05) is 0 Å². The Morgan fingerprint density at radius 2 is 1.90 bits per heavy atom. The molecular weight excluding hydrogens is 329 g/mol. The zero-order chi connectivity index (χ0) is 14.5. The largest absolute Gasteiger partial charge is 0.295 e. The van der Waals surface area contributed by atoms with E-state index in [0.29, 0.717) is 0 Å². The molecule has 1 N–H and O–H groups in total. The molecule has 103 valence electrons. The Balaban J connectivity index is 0.00000161. The van der Waals surface area contributed by atoms with Crippen LogP contribution in [0.1, 0.15) is 0 Å². The van der Waals surface area contributed by atoms with E-state index in [4.69, 9.17) is 0 Å². The number of aromatic nitrogens is 2. The summed E-state index contributed by atoms with van der Waals surface area (Å²) in [5, 5.41) is 18.1. The molecule has 0 fully saturated rings. The Kier molecular flexibility index (Phi) is 4.44. The van der Waals surface area contributed by atoms with Gasteiger partial charge in [-0.05, 0) is 22.4 Å². The van der Waals surface area contributed by atoms with Gasteiger partial charge in [-0.2, -0.15) is 8.42 Å². The summed E-state index contributed by atoms with van der Waals surface area (Å²) in [6.07, 6.45) is 0. The fourth-order valence-corrected chi connectivity index (χ4v) is 2.66. The Morgan fingerprint density at radius 3 is 2.52 bits per heavy atom. The number of hydrogen-bond donors (Lipinski definition) is 1. The average Bonchev–Trinajstić information content (AvgIpc) is 2.84. The number of fused-ring (bicyclic) bond motifs is 3. The van der Waals surface area contributed by atoms with E-state index in [1.807, 2.05) is 0 Å². The Labute approximate surface area is 159 Å². The minimum Gasteiger partial charge on any atom is -0.282 e. The van der Waals surface area contributed by atoms with Gasteiger partial charge >= 0.3 is 0 Å². The fourth-order valence-electron chi connectivity index (χ4n) is 1.95. The molecule has 21 heavy (non-hydrogen) atoms. The summed E-state index contributed by atoms with van der Waals surface area (Å²) in [5.41, 5.74) is 0.0690. The first-order valence-electron chi connectivity index (χ1n) is 5.19. The molecule has 1 heterocycles. The van der Waals surface area contributed by atoms with Crippen molar-refractivity contribution in [3.05, 3.63) is 34.4 Å². The van der Waals surface area contributed by atoms with Crippen molar-refractivity contribution in [1.29, 1.82) is 0 Å². The van der Waals surface area contributed by atoms with Gasteiger partial charge in [-0.15, -0.1) is 0 Å². The van der Waals surface area contributed by atoms with E-state index < -0.39 is 19.9 Å². The van der Waals surface area contributed by atoms with E-state index in [9.17, 15) is 23.1 Å². The molecule has 3 rings (SSSR count). The van der Waals surface area contributed by atoms with Crippen LogP contribution in [0.25, 0.3) is 21.8 Å². The summed E-state index contributed by atoms with van der Waals surface area (Å²) >= 11 is 0. The van der Waals surface area contributed by atoms with E-state index in [1.54, 1.807) is 0 Å². The topological polar surface area (TPSA) is 136 Å². The monoisotopic (exact) mass is 334 g/mol. The van der Waals surface area contributed by atoms with Crippen molar-refractivity contribution in [3.8, 4) is 0 Å². The van der Waals surface area contributed by atoms with Gasteiger partial charge < -0.3 is 0 Å². The second-order valence-corrected chi connectivity index (χ2v) is 5.36. The molecule has 9 nitrogen and oxygen atoms in total. The van der Waals surface area contributed by atoms with E-state index >= 15 is 0 Å². The number of nitrogens with zero attached hydrogens (tertiary/aromatic N) is 3. The Hall–Kier alpha value is -0.954. The average molecular weight is 334 g/mol. The minimum absolute atomic E-state index is 0. The van der Waals surface area contributed by atoms with Crippen molar-refractivity contribution in [2.24, 2.45) is 0 Å². The second kappa shape index (κ2) is 5.68. The molecule has 0 atom stereocenters. The van der Waals surface area contributed by atoms with Gasteiger partial charge in [0, 0.05) is 74.3 Å². The molecular formula is C10H5KN3O6S. The molecule has 0 aliphatic heterocycles. The van der Waals surface area contributed by atoms with Gasteiger partial charge in [0.15, 0.2) is 0 Å². The number of nitro groups is 1. The van der Waals surface area contributed by atoms with Crippen LogP contribution in [0.2, 0.25) is 0 Å². The molecule has 0 saturated heterocycles. The first-order chi connectivity index (χ1) is 9.38. The van der Waals surface area contributed by atoms with Gasteiger partial charge in [-0.3, -0.25) is 14.7 Å². The van der Waals surface area contributed by atoms with Gasteiger partial charge in [0.05, 0.1) is 4.92 Å². The number of nitro benzene ring substituents is 1. The quantitative estimate of drug-likeness (QED) is 0.319. The van der Waals surface area contributed by atoms with Crippen LogP contribution in [-0.4, -0.2) is 79.6 Å². The summed E-state index contributed by atoms with van der Waals surface area (Å²) in [6.45, 7) is 0. The predicted octanol–water partition coefficient (Wildman–Crippen LogP) is 1.15. The van der Waals surface area contributed by atoms with Crippen molar-refractivity contribution in [1.82, 2.24) is 10.3 Å². The molecule has 3 aromatic rings. The van der Waals surface area contributed by atoms with E-state index in [-0.39, 0.29) is 78.9 Å². The molecule has 1 aromatic heterocycles. The minimum atomic E-state index is -4.57. The van der Waals surface area contributed by atoms with Crippen LogP contribution in [0.15, 0.2) is 33.8 Å². The summed E-state index contributed by atoms with van der Waals surface area (Å²) in [7, 11) is -4.57. The maximum atomic E-state index is 11.4. The second-order valence-electron chi connectivity index (χ2n) is 3.97. The van der Waals surface area contributed by atoms with Gasteiger partial charge in [-0.25, -0.2) is 4.63 Å². The third kappa shape index (κ3) is 2.85. The first-order valence-corrected chi connectivity index (χ1v) is 6.63. The maximum absolute atomic E-state index is 11.4. The van der Waals surface area contributed by atoms with Crippen molar-refractivity contribution in [3.63, 3.8) is 0 Å². The van der Waals surface area contributed by atoms with Gasteiger partial charge in [0.1, 0.15) is 15.9 Å². The molecule has 0 spiro atoms. The van der Waals surface area contributed by atoms with Crippen LogP contribution in [-0.2, 0) is 10.1 Å². The zero-order valence-corrected chi connectivity index (χ0v) is 14.5. The Morgan fingerprint density at radius 1 is 1.19 bits per heavy atom. The molecule has 0 unspecified atom stereocenters. The van der Waals surface area contributed by atoms with Gasteiger partial charge in [0.2, 0.25) is 0 Å². The smallest absolute Gasteiger partial charge is 0.282 e. The summed E-state index contributed by atoms with van der Waals surface area (Å²) in [5.74, 6) is 0. The van der Waals surface area contributed by atoms with Gasteiger partial charge in [-0.1, -0.05) is 0 Å². The van der Waals surface area contributed by atoms with Crippen LogP contribution in [0.4, 0.5) is 5.69 Å². The molecule has 0 aliphatic carbocycles. The standard InChI is InChI=1S/C10H5N3O6S.K/c14-13(15)5-1-2-6-7(3-5)9(20(16,17)18)4-8-10(6)12-19-11-8;/h1-4H,(H,16,17,18);.